The molecule has 88 valence electrons. The van der Waals surface area contributed by atoms with Crippen molar-refractivity contribution in [2.75, 3.05) is 6.54 Å². The van der Waals surface area contributed by atoms with E-state index in [9.17, 15) is 23.5 Å². The molecule has 0 rings (SSSR count). The molecule has 0 aromatic rings. The molecule has 0 aliphatic heterocycles. The number of rotatable bonds is 3. The number of carbonyl (C=O) groups excluding carboxylic acids is 2. The van der Waals surface area contributed by atoms with Crippen LogP contribution in [0.15, 0.2) is 0 Å². The molecule has 0 aliphatic rings. The number of carboxylic acids is 1. The van der Waals surface area contributed by atoms with Gasteiger partial charge in [0.2, 0.25) is 0 Å². The van der Waals surface area contributed by atoms with Crippen LogP contribution in [-0.4, -0.2) is 30.1 Å². The average Bonchev–Trinajstić information content (AvgIpc) is 1.97. The minimum Gasteiger partial charge on any atom is -0.544 e. The van der Waals surface area contributed by atoms with E-state index in [-0.39, 0.29) is 18.9 Å². The number of hydrogen-bond acceptors (Lipinski definition) is 4. The Morgan fingerprint density at radius 1 is 1.31 bits per heavy atom. The number of aliphatic carboxylic acids is 1. The zero-order chi connectivity index (χ0) is 12.3. The summed E-state index contributed by atoms with van der Waals surface area (Å²) in [5.74, 6) is -6.64. The van der Waals surface area contributed by atoms with E-state index in [0.717, 1.165) is 0 Å². The molecular formula is C8H12F2LiNO4. The van der Waals surface area contributed by atoms with Crippen LogP contribution in [0.3, 0.4) is 0 Å². The molecule has 0 spiro atoms. The van der Waals surface area contributed by atoms with E-state index in [1.165, 1.54) is 0 Å². The minimum atomic E-state index is -4.10. The molecule has 0 bridgehead atoms. The molecule has 0 fully saturated rings. The van der Waals surface area contributed by atoms with E-state index in [2.05, 4.69) is 4.74 Å². The van der Waals surface area contributed by atoms with Gasteiger partial charge in [-0.05, 0) is 20.8 Å². The summed E-state index contributed by atoms with van der Waals surface area (Å²) in [6, 6.07) is 0. The van der Waals surface area contributed by atoms with E-state index in [0.29, 0.717) is 0 Å². The number of carbonyl (C=O) groups is 2. The molecule has 8 heteroatoms. The number of halogens is 2. The van der Waals surface area contributed by atoms with Crippen LogP contribution in [0.25, 0.3) is 0 Å². The predicted molar refractivity (Wildman–Crippen MR) is 44.2 cm³/mol. The number of carboxylic acid groups (broad SMARTS) is 1. The molecule has 0 aromatic carbocycles. The van der Waals surface area contributed by atoms with Crippen molar-refractivity contribution >= 4 is 12.1 Å². The molecule has 0 aromatic heterocycles. The number of hydrogen-bond donors (Lipinski definition) is 1. The molecule has 0 saturated carbocycles. The minimum absolute atomic E-state index is 0. The van der Waals surface area contributed by atoms with Gasteiger partial charge in [-0.1, -0.05) is 0 Å². The smallest absolute Gasteiger partial charge is 0.544 e. The molecule has 1 amide bonds. The van der Waals surface area contributed by atoms with Gasteiger partial charge in [0.05, 0.1) is 6.54 Å². The van der Waals surface area contributed by atoms with Gasteiger partial charge in [0.25, 0.3) is 0 Å². The Kier molecular flexibility index (Phi) is 6.66. The van der Waals surface area contributed by atoms with Crippen molar-refractivity contribution in [3.63, 3.8) is 0 Å². The fraction of sp³-hybridized carbons (Fsp3) is 0.750. The molecule has 5 nitrogen and oxygen atoms in total. The SMILES string of the molecule is CC(C)(C)OC(=O)NCC(F)(F)C(=O)[O-].[Li+]. The van der Waals surface area contributed by atoms with Gasteiger partial charge in [0.1, 0.15) is 11.6 Å². The Bertz CT molecular complexity index is 265. The molecule has 0 unspecified atom stereocenters. The van der Waals surface area contributed by atoms with E-state index < -0.39 is 30.1 Å². The maximum atomic E-state index is 12.4. The Hall–Kier alpha value is -0.803. The Balaban J connectivity index is 0. The van der Waals surface area contributed by atoms with Gasteiger partial charge in [0.15, 0.2) is 0 Å². The second-order valence-corrected chi connectivity index (χ2v) is 3.85. The predicted octanol–water partition coefficient (Wildman–Crippen LogP) is -3.10. The number of nitrogens with one attached hydrogen (secondary N) is 1. The summed E-state index contributed by atoms with van der Waals surface area (Å²) in [7, 11) is 0. The summed E-state index contributed by atoms with van der Waals surface area (Å²) in [5.41, 5.74) is -0.832. The van der Waals surface area contributed by atoms with Crippen molar-refractivity contribution in [1.29, 1.82) is 0 Å². The van der Waals surface area contributed by atoms with Gasteiger partial charge in [0, 0.05) is 0 Å². The van der Waals surface area contributed by atoms with Crippen LogP contribution in [0, 0.1) is 0 Å². The van der Waals surface area contributed by atoms with E-state index in [1.54, 1.807) is 26.1 Å². The van der Waals surface area contributed by atoms with Crippen LogP contribution in [0.1, 0.15) is 20.8 Å². The standard InChI is InChI=1S/C8H13F2NO4.Li/c1-7(2,3)15-6(14)11-4-8(9,10)5(12)13;/h4H2,1-3H3,(H,11,14)(H,12,13);/q;+1/p-1. The summed E-state index contributed by atoms with van der Waals surface area (Å²) < 4.78 is 29.4. The van der Waals surface area contributed by atoms with Crippen molar-refractivity contribution < 1.29 is 47.1 Å². The Morgan fingerprint density at radius 3 is 2.06 bits per heavy atom. The summed E-state index contributed by atoms with van der Waals surface area (Å²) in [6.45, 7) is 3.28. The Morgan fingerprint density at radius 2 is 1.75 bits per heavy atom. The number of alkyl halides is 2. The zero-order valence-electron chi connectivity index (χ0n) is 9.60. The molecular weight excluding hydrogens is 219 g/mol. The topological polar surface area (TPSA) is 78.5 Å². The zero-order valence-corrected chi connectivity index (χ0v) is 9.60. The van der Waals surface area contributed by atoms with Crippen molar-refractivity contribution in [1.82, 2.24) is 5.32 Å². The molecule has 0 saturated heterocycles. The molecule has 16 heavy (non-hydrogen) atoms. The average molecular weight is 231 g/mol. The van der Waals surface area contributed by atoms with Crippen molar-refractivity contribution in [2.24, 2.45) is 0 Å². The summed E-state index contributed by atoms with van der Waals surface area (Å²) in [6.07, 6.45) is -1.11. The van der Waals surface area contributed by atoms with E-state index >= 15 is 0 Å². The van der Waals surface area contributed by atoms with Crippen LogP contribution < -0.4 is 29.3 Å². The first-order valence-electron chi connectivity index (χ1n) is 4.11. The maximum absolute atomic E-state index is 12.4. The third-order valence-electron chi connectivity index (χ3n) is 1.15. The van der Waals surface area contributed by atoms with Crippen molar-refractivity contribution in [3.8, 4) is 0 Å². The molecule has 0 radical (unpaired) electrons. The third-order valence-corrected chi connectivity index (χ3v) is 1.15. The van der Waals surface area contributed by atoms with E-state index in [4.69, 9.17) is 0 Å². The number of amides is 1. The van der Waals surface area contributed by atoms with Crippen LogP contribution in [0.5, 0.6) is 0 Å². The second-order valence-electron chi connectivity index (χ2n) is 3.85. The van der Waals surface area contributed by atoms with Crippen molar-refractivity contribution in [2.45, 2.75) is 32.3 Å². The quantitative estimate of drug-likeness (QED) is 0.522. The fourth-order valence-electron chi connectivity index (χ4n) is 0.570. The number of ether oxygens (including phenoxy) is 1. The van der Waals surface area contributed by atoms with Gasteiger partial charge in [-0.2, -0.15) is 8.78 Å². The summed E-state index contributed by atoms with van der Waals surface area (Å²) in [5, 5.41) is 11.5. The maximum Gasteiger partial charge on any atom is 1.00 e. The van der Waals surface area contributed by atoms with Crippen LogP contribution in [-0.2, 0) is 9.53 Å². The van der Waals surface area contributed by atoms with Crippen LogP contribution in [0.4, 0.5) is 13.6 Å². The van der Waals surface area contributed by atoms with E-state index in [1.807, 2.05) is 0 Å². The van der Waals surface area contributed by atoms with Crippen LogP contribution in [0.2, 0.25) is 0 Å². The molecule has 0 heterocycles. The monoisotopic (exact) mass is 231 g/mol. The molecule has 0 atom stereocenters. The second kappa shape index (κ2) is 6.06. The van der Waals surface area contributed by atoms with Gasteiger partial charge in [-0.15, -0.1) is 0 Å². The van der Waals surface area contributed by atoms with Gasteiger partial charge in [-0.25, -0.2) is 4.79 Å². The van der Waals surface area contributed by atoms with Gasteiger partial charge < -0.3 is 20.0 Å². The van der Waals surface area contributed by atoms with Crippen LogP contribution >= 0.6 is 0 Å². The summed E-state index contributed by atoms with van der Waals surface area (Å²) in [4.78, 5) is 20.7. The first-order valence-corrected chi connectivity index (χ1v) is 4.11. The third kappa shape index (κ3) is 7.48. The normalized spacial score (nSPS) is 11.3. The summed E-state index contributed by atoms with van der Waals surface area (Å²) >= 11 is 0. The largest absolute Gasteiger partial charge is 1.00 e. The molecule has 1 N–H and O–H groups in total. The van der Waals surface area contributed by atoms with Gasteiger partial charge >= 0.3 is 30.9 Å². The first-order chi connectivity index (χ1) is 6.54. The van der Waals surface area contributed by atoms with Gasteiger partial charge in [-0.3, -0.25) is 0 Å². The van der Waals surface area contributed by atoms with Crippen molar-refractivity contribution in [3.05, 3.63) is 0 Å². The first kappa shape index (κ1) is 17.6. The molecule has 0 aliphatic carbocycles. The fourth-order valence-corrected chi connectivity index (χ4v) is 0.570. The Labute approximate surface area is 104 Å². The number of alkyl carbamates (subject to hydrolysis) is 1.